The molecule has 0 saturated heterocycles. The summed E-state index contributed by atoms with van der Waals surface area (Å²) < 4.78 is 11.0. The third-order valence-electron chi connectivity index (χ3n) is 3.32. The topological polar surface area (TPSA) is 62.6 Å². The predicted octanol–water partition coefficient (Wildman–Crippen LogP) is 2.86. The Morgan fingerprint density at radius 2 is 1.86 bits per heavy atom. The molecule has 0 radical (unpaired) electrons. The molecular formula is C17H24N2O3. The van der Waals surface area contributed by atoms with Gasteiger partial charge in [-0.1, -0.05) is 6.07 Å². The molecule has 0 aliphatic heterocycles. The standard InChI is InChI=1S/C17H24N2O3/c1-4-19(5-2)17(20)14(13-18)10-11-22-16-9-7-8-15(12-16)21-6-3/h7-9,12,14H,4-6,10-11H2,1-3H3. The van der Waals surface area contributed by atoms with Crippen LogP contribution in [0.1, 0.15) is 27.2 Å². The van der Waals surface area contributed by atoms with Gasteiger partial charge in [0.25, 0.3) is 0 Å². The van der Waals surface area contributed by atoms with Gasteiger partial charge < -0.3 is 14.4 Å². The summed E-state index contributed by atoms with van der Waals surface area (Å²) in [4.78, 5) is 13.8. The van der Waals surface area contributed by atoms with E-state index in [4.69, 9.17) is 9.47 Å². The van der Waals surface area contributed by atoms with Crippen LogP contribution in [0.5, 0.6) is 11.5 Å². The van der Waals surface area contributed by atoms with Crippen LogP contribution in [0.4, 0.5) is 0 Å². The highest BCUT2D eigenvalue weighted by atomic mass is 16.5. The summed E-state index contributed by atoms with van der Waals surface area (Å²) in [5.41, 5.74) is 0. The fourth-order valence-corrected chi connectivity index (χ4v) is 2.11. The van der Waals surface area contributed by atoms with Gasteiger partial charge in [0, 0.05) is 25.6 Å². The van der Waals surface area contributed by atoms with Crippen molar-refractivity contribution < 1.29 is 14.3 Å². The Kier molecular flexibility index (Phi) is 7.84. The summed E-state index contributed by atoms with van der Waals surface area (Å²) in [7, 11) is 0. The zero-order valence-electron chi connectivity index (χ0n) is 13.5. The minimum atomic E-state index is -0.657. The Bertz CT molecular complexity index is 507. The van der Waals surface area contributed by atoms with Crippen molar-refractivity contribution in [1.82, 2.24) is 4.90 Å². The first kappa shape index (κ1) is 17.8. The van der Waals surface area contributed by atoms with Gasteiger partial charge in [0.05, 0.1) is 19.3 Å². The number of nitriles is 1. The van der Waals surface area contributed by atoms with E-state index in [-0.39, 0.29) is 5.91 Å². The average molecular weight is 304 g/mol. The van der Waals surface area contributed by atoms with Gasteiger partial charge in [-0.15, -0.1) is 0 Å². The van der Waals surface area contributed by atoms with E-state index < -0.39 is 5.92 Å². The van der Waals surface area contributed by atoms with Crippen molar-refractivity contribution in [3.8, 4) is 17.6 Å². The number of benzene rings is 1. The number of amides is 1. The maximum atomic E-state index is 12.1. The van der Waals surface area contributed by atoms with Crippen LogP contribution in [0.25, 0.3) is 0 Å². The van der Waals surface area contributed by atoms with Crippen LogP contribution in [0.15, 0.2) is 24.3 Å². The van der Waals surface area contributed by atoms with Gasteiger partial charge in [-0.25, -0.2) is 0 Å². The van der Waals surface area contributed by atoms with Crippen LogP contribution < -0.4 is 9.47 Å². The van der Waals surface area contributed by atoms with Crippen LogP contribution in [-0.4, -0.2) is 37.1 Å². The summed E-state index contributed by atoms with van der Waals surface area (Å²) in [6.45, 7) is 7.88. The lowest BCUT2D eigenvalue weighted by Crippen LogP contribution is -2.36. The van der Waals surface area contributed by atoms with Crippen molar-refractivity contribution in [2.45, 2.75) is 27.2 Å². The molecule has 1 atom stereocenters. The monoisotopic (exact) mass is 304 g/mol. The number of nitrogens with zero attached hydrogens (tertiary/aromatic N) is 2. The third kappa shape index (κ3) is 5.28. The minimum Gasteiger partial charge on any atom is -0.494 e. The molecule has 0 spiro atoms. The summed E-state index contributed by atoms with van der Waals surface area (Å²) in [5, 5.41) is 9.17. The number of carbonyl (C=O) groups excluding carboxylic acids is 1. The highest BCUT2D eigenvalue weighted by Gasteiger charge is 2.22. The van der Waals surface area contributed by atoms with Crippen molar-refractivity contribution in [3.05, 3.63) is 24.3 Å². The second kappa shape index (κ2) is 9.67. The van der Waals surface area contributed by atoms with E-state index in [0.29, 0.717) is 38.5 Å². The lowest BCUT2D eigenvalue weighted by Gasteiger charge is -2.21. The molecule has 0 aliphatic carbocycles. The number of hydrogen-bond donors (Lipinski definition) is 0. The Morgan fingerprint density at radius 1 is 1.23 bits per heavy atom. The van der Waals surface area contributed by atoms with Gasteiger partial charge in [0.1, 0.15) is 17.4 Å². The van der Waals surface area contributed by atoms with Crippen molar-refractivity contribution >= 4 is 5.91 Å². The molecule has 0 aromatic heterocycles. The average Bonchev–Trinajstić information content (AvgIpc) is 2.53. The first-order chi connectivity index (χ1) is 10.7. The van der Waals surface area contributed by atoms with Crippen molar-refractivity contribution in [2.24, 2.45) is 5.92 Å². The van der Waals surface area contributed by atoms with Crippen LogP contribution in [0.3, 0.4) is 0 Å². The third-order valence-corrected chi connectivity index (χ3v) is 3.32. The van der Waals surface area contributed by atoms with Gasteiger partial charge >= 0.3 is 0 Å². The lowest BCUT2D eigenvalue weighted by molar-refractivity contribution is -0.133. The van der Waals surface area contributed by atoms with E-state index in [9.17, 15) is 10.1 Å². The molecule has 5 heteroatoms. The number of hydrogen-bond acceptors (Lipinski definition) is 4. The molecule has 0 fully saturated rings. The molecule has 1 amide bonds. The normalized spacial score (nSPS) is 11.4. The first-order valence-corrected chi connectivity index (χ1v) is 7.70. The zero-order valence-corrected chi connectivity index (χ0v) is 13.5. The van der Waals surface area contributed by atoms with Crippen LogP contribution in [0, 0.1) is 17.2 Å². The lowest BCUT2D eigenvalue weighted by atomic mass is 10.1. The molecule has 0 N–H and O–H groups in total. The zero-order chi connectivity index (χ0) is 16.4. The largest absolute Gasteiger partial charge is 0.494 e. The fraction of sp³-hybridized carbons (Fsp3) is 0.529. The molecule has 1 aromatic rings. The molecule has 0 saturated carbocycles. The second-order valence-electron chi connectivity index (χ2n) is 4.74. The van der Waals surface area contributed by atoms with E-state index in [1.807, 2.05) is 39.0 Å². The molecule has 22 heavy (non-hydrogen) atoms. The summed E-state index contributed by atoms with van der Waals surface area (Å²) in [6.07, 6.45) is 0.380. The molecule has 0 bridgehead atoms. The molecule has 120 valence electrons. The quantitative estimate of drug-likeness (QED) is 0.704. The maximum Gasteiger partial charge on any atom is 0.240 e. The van der Waals surface area contributed by atoms with E-state index in [2.05, 4.69) is 6.07 Å². The Labute approximate surface area is 132 Å². The molecular weight excluding hydrogens is 280 g/mol. The van der Waals surface area contributed by atoms with E-state index in [1.54, 1.807) is 11.0 Å². The molecule has 0 aliphatic rings. The number of rotatable bonds is 9. The van der Waals surface area contributed by atoms with Crippen molar-refractivity contribution in [3.63, 3.8) is 0 Å². The SMILES string of the molecule is CCOc1cccc(OCCC(C#N)C(=O)N(CC)CC)c1. The molecule has 1 aromatic carbocycles. The van der Waals surface area contributed by atoms with Crippen LogP contribution in [-0.2, 0) is 4.79 Å². The number of carbonyl (C=O) groups is 1. The van der Waals surface area contributed by atoms with Gasteiger partial charge in [-0.05, 0) is 32.9 Å². The number of ether oxygens (including phenoxy) is 2. The van der Waals surface area contributed by atoms with Crippen molar-refractivity contribution in [1.29, 1.82) is 5.26 Å². The van der Waals surface area contributed by atoms with Crippen LogP contribution in [0.2, 0.25) is 0 Å². The second-order valence-corrected chi connectivity index (χ2v) is 4.74. The van der Waals surface area contributed by atoms with Gasteiger partial charge in [-0.3, -0.25) is 4.79 Å². The molecule has 5 nitrogen and oxygen atoms in total. The van der Waals surface area contributed by atoms with E-state index in [1.165, 1.54) is 0 Å². The molecule has 0 heterocycles. The van der Waals surface area contributed by atoms with Gasteiger partial charge in [-0.2, -0.15) is 5.26 Å². The Hall–Kier alpha value is -2.22. The molecule has 1 rings (SSSR count). The summed E-state index contributed by atoms with van der Waals surface area (Å²) in [6, 6.07) is 9.41. The van der Waals surface area contributed by atoms with Gasteiger partial charge in [0.15, 0.2) is 0 Å². The highest BCUT2D eigenvalue weighted by molar-refractivity contribution is 5.81. The van der Waals surface area contributed by atoms with E-state index in [0.717, 1.165) is 5.75 Å². The smallest absolute Gasteiger partial charge is 0.240 e. The van der Waals surface area contributed by atoms with Crippen LogP contribution >= 0.6 is 0 Å². The Balaban J connectivity index is 2.52. The highest BCUT2D eigenvalue weighted by Crippen LogP contribution is 2.20. The minimum absolute atomic E-state index is 0.126. The maximum absolute atomic E-state index is 12.1. The summed E-state index contributed by atoms with van der Waals surface area (Å²) in [5.74, 6) is 0.642. The summed E-state index contributed by atoms with van der Waals surface area (Å²) >= 11 is 0. The fourth-order valence-electron chi connectivity index (χ4n) is 2.11. The molecule has 1 unspecified atom stereocenters. The predicted molar refractivity (Wildman–Crippen MR) is 84.8 cm³/mol. The van der Waals surface area contributed by atoms with E-state index >= 15 is 0 Å². The van der Waals surface area contributed by atoms with Crippen molar-refractivity contribution in [2.75, 3.05) is 26.3 Å². The Morgan fingerprint density at radius 3 is 2.41 bits per heavy atom. The van der Waals surface area contributed by atoms with Gasteiger partial charge in [0.2, 0.25) is 5.91 Å². The first-order valence-electron chi connectivity index (χ1n) is 7.70.